The van der Waals surface area contributed by atoms with E-state index in [9.17, 15) is 9.18 Å². The number of nitrogens with zero attached hydrogens (tertiary/aromatic N) is 4. The molecule has 0 aliphatic rings. The number of anilines is 1. The van der Waals surface area contributed by atoms with Gasteiger partial charge in [-0.1, -0.05) is 18.2 Å². The summed E-state index contributed by atoms with van der Waals surface area (Å²) in [4.78, 5) is 12.4. The molecule has 1 heterocycles. The number of nitrogens with one attached hydrogen (secondary N) is 1. The summed E-state index contributed by atoms with van der Waals surface area (Å²) in [5.41, 5.74) is 1.83. The first-order chi connectivity index (χ1) is 10.6. The standard InChI is InChI=1S/C15H12FN5O/c1-10-6-7-11(8-13(10)16)18-15(22)12-4-2-3-5-14(12)21-9-17-19-20-21/h2-9H,1H3,(H,18,22). The van der Waals surface area contributed by atoms with Gasteiger partial charge in [0.15, 0.2) is 0 Å². The predicted molar refractivity (Wildman–Crippen MR) is 78.2 cm³/mol. The summed E-state index contributed by atoms with van der Waals surface area (Å²) in [6.07, 6.45) is 1.40. The Kier molecular flexibility index (Phi) is 3.61. The fourth-order valence-electron chi connectivity index (χ4n) is 2.01. The van der Waals surface area contributed by atoms with Gasteiger partial charge in [-0.05, 0) is 47.2 Å². The molecule has 0 spiro atoms. The van der Waals surface area contributed by atoms with Crippen LogP contribution in [0, 0.1) is 12.7 Å². The summed E-state index contributed by atoms with van der Waals surface area (Å²) in [5, 5.41) is 13.6. The van der Waals surface area contributed by atoms with E-state index in [0.29, 0.717) is 22.5 Å². The lowest BCUT2D eigenvalue weighted by molar-refractivity contribution is 0.102. The van der Waals surface area contributed by atoms with Crippen LogP contribution in [0.15, 0.2) is 48.8 Å². The number of hydrogen-bond donors (Lipinski definition) is 1. The maximum atomic E-state index is 13.6. The summed E-state index contributed by atoms with van der Waals surface area (Å²) in [6.45, 7) is 1.66. The molecule has 0 bridgehead atoms. The summed E-state index contributed by atoms with van der Waals surface area (Å²) >= 11 is 0. The van der Waals surface area contributed by atoms with E-state index in [2.05, 4.69) is 20.8 Å². The van der Waals surface area contributed by atoms with E-state index in [1.165, 1.54) is 17.1 Å². The highest BCUT2D eigenvalue weighted by Gasteiger charge is 2.13. The lowest BCUT2D eigenvalue weighted by atomic mass is 10.1. The first kappa shape index (κ1) is 13.9. The number of benzene rings is 2. The van der Waals surface area contributed by atoms with Crippen LogP contribution in [0.4, 0.5) is 10.1 Å². The third-order valence-electron chi connectivity index (χ3n) is 3.17. The zero-order valence-corrected chi connectivity index (χ0v) is 11.7. The number of tetrazole rings is 1. The molecule has 0 aliphatic heterocycles. The van der Waals surface area contributed by atoms with Gasteiger partial charge >= 0.3 is 0 Å². The minimum Gasteiger partial charge on any atom is -0.322 e. The Morgan fingerprint density at radius 1 is 1.23 bits per heavy atom. The minimum absolute atomic E-state index is 0.366. The van der Waals surface area contributed by atoms with Gasteiger partial charge in [-0.2, -0.15) is 4.68 Å². The lowest BCUT2D eigenvalue weighted by Crippen LogP contribution is -2.15. The second-order valence-electron chi connectivity index (χ2n) is 4.69. The summed E-state index contributed by atoms with van der Waals surface area (Å²) < 4.78 is 14.9. The Balaban J connectivity index is 1.91. The molecule has 3 aromatic rings. The Morgan fingerprint density at radius 3 is 2.77 bits per heavy atom. The number of hydrogen-bond acceptors (Lipinski definition) is 4. The number of carbonyl (C=O) groups is 1. The lowest BCUT2D eigenvalue weighted by Gasteiger charge is -2.10. The Labute approximate surface area is 125 Å². The molecular formula is C15H12FN5O. The van der Waals surface area contributed by atoms with Crippen LogP contribution in [0.1, 0.15) is 15.9 Å². The molecule has 6 nitrogen and oxygen atoms in total. The molecule has 7 heteroatoms. The van der Waals surface area contributed by atoms with Crippen molar-refractivity contribution in [1.29, 1.82) is 0 Å². The first-order valence-corrected chi connectivity index (χ1v) is 6.55. The number of carbonyl (C=O) groups excluding carboxylic acids is 1. The van der Waals surface area contributed by atoms with E-state index in [4.69, 9.17) is 0 Å². The van der Waals surface area contributed by atoms with Crippen LogP contribution < -0.4 is 5.32 Å². The van der Waals surface area contributed by atoms with Gasteiger partial charge in [-0.15, -0.1) is 5.10 Å². The number of aromatic nitrogens is 4. The van der Waals surface area contributed by atoms with Gasteiger partial charge in [0.1, 0.15) is 12.1 Å². The van der Waals surface area contributed by atoms with Gasteiger partial charge in [0.25, 0.3) is 5.91 Å². The Bertz CT molecular complexity index is 817. The van der Waals surface area contributed by atoms with Crippen LogP contribution in [0.3, 0.4) is 0 Å². The van der Waals surface area contributed by atoms with E-state index in [-0.39, 0.29) is 11.7 Å². The smallest absolute Gasteiger partial charge is 0.257 e. The molecule has 0 unspecified atom stereocenters. The van der Waals surface area contributed by atoms with E-state index < -0.39 is 0 Å². The average molecular weight is 297 g/mol. The fourth-order valence-corrected chi connectivity index (χ4v) is 2.01. The van der Waals surface area contributed by atoms with Crippen molar-refractivity contribution in [2.24, 2.45) is 0 Å². The topological polar surface area (TPSA) is 72.7 Å². The zero-order valence-electron chi connectivity index (χ0n) is 11.7. The van der Waals surface area contributed by atoms with Crippen molar-refractivity contribution in [2.45, 2.75) is 6.92 Å². The van der Waals surface area contributed by atoms with Gasteiger partial charge < -0.3 is 5.32 Å². The molecule has 0 saturated heterocycles. The zero-order chi connectivity index (χ0) is 15.5. The normalized spacial score (nSPS) is 10.5. The monoisotopic (exact) mass is 297 g/mol. The van der Waals surface area contributed by atoms with Crippen LogP contribution in [0.2, 0.25) is 0 Å². The van der Waals surface area contributed by atoms with Crippen molar-refractivity contribution in [3.05, 3.63) is 65.7 Å². The maximum Gasteiger partial charge on any atom is 0.257 e. The molecule has 1 amide bonds. The SMILES string of the molecule is Cc1ccc(NC(=O)c2ccccc2-n2cnnn2)cc1F. The van der Waals surface area contributed by atoms with Crippen molar-refractivity contribution in [1.82, 2.24) is 20.2 Å². The fraction of sp³-hybridized carbons (Fsp3) is 0.0667. The molecule has 0 radical (unpaired) electrons. The largest absolute Gasteiger partial charge is 0.322 e. The predicted octanol–water partition coefficient (Wildman–Crippen LogP) is 2.36. The highest BCUT2D eigenvalue weighted by atomic mass is 19.1. The third-order valence-corrected chi connectivity index (χ3v) is 3.17. The maximum absolute atomic E-state index is 13.6. The van der Waals surface area contributed by atoms with Gasteiger partial charge in [-0.25, -0.2) is 4.39 Å². The van der Waals surface area contributed by atoms with Crippen LogP contribution in [-0.4, -0.2) is 26.1 Å². The van der Waals surface area contributed by atoms with E-state index >= 15 is 0 Å². The minimum atomic E-state index is -0.369. The van der Waals surface area contributed by atoms with Crippen LogP contribution in [-0.2, 0) is 0 Å². The molecule has 0 aliphatic carbocycles. The molecule has 1 aromatic heterocycles. The second-order valence-corrected chi connectivity index (χ2v) is 4.69. The van der Waals surface area contributed by atoms with Gasteiger partial charge in [0.2, 0.25) is 0 Å². The summed E-state index contributed by atoms with van der Waals surface area (Å²) in [6, 6.07) is 11.4. The summed E-state index contributed by atoms with van der Waals surface area (Å²) in [7, 11) is 0. The molecule has 0 saturated carbocycles. The number of halogens is 1. The van der Waals surface area contributed by atoms with Crippen molar-refractivity contribution in [2.75, 3.05) is 5.32 Å². The van der Waals surface area contributed by atoms with E-state index in [1.54, 1.807) is 43.3 Å². The molecule has 0 fully saturated rings. The summed E-state index contributed by atoms with van der Waals surface area (Å²) in [5.74, 6) is -0.735. The molecule has 2 aromatic carbocycles. The van der Waals surface area contributed by atoms with E-state index in [0.717, 1.165) is 0 Å². The van der Waals surface area contributed by atoms with Crippen molar-refractivity contribution < 1.29 is 9.18 Å². The second kappa shape index (κ2) is 5.72. The van der Waals surface area contributed by atoms with Crippen LogP contribution in [0.5, 0.6) is 0 Å². The number of aryl methyl sites for hydroxylation is 1. The molecular weight excluding hydrogens is 285 g/mol. The van der Waals surface area contributed by atoms with Crippen LogP contribution in [0.25, 0.3) is 5.69 Å². The highest BCUT2D eigenvalue weighted by Crippen LogP contribution is 2.17. The number of amides is 1. The Morgan fingerprint density at radius 2 is 2.05 bits per heavy atom. The van der Waals surface area contributed by atoms with Gasteiger partial charge in [0, 0.05) is 5.69 Å². The van der Waals surface area contributed by atoms with Gasteiger partial charge in [-0.3, -0.25) is 4.79 Å². The van der Waals surface area contributed by atoms with Crippen LogP contribution >= 0.6 is 0 Å². The average Bonchev–Trinajstić information content (AvgIpc) is 3.05. The number of rotatable bonds is 3. The van der Waals surface area contributed by atoms with Gasteiger partial charge in [0.05, 0.1) is 11.3 Å². The molecule has 3 rings (SSSR count). The molecule has 0 atom stereocenters. The van der Waals surface area contributed by atoms with E-state index in [1.807, 2.05) is 0 Å². The highest BCUT2D eigenvalue weighted by molar-refractivity contribution is 6.06. The molecule has 110 valence electrons. The number of para-hydroxylation sites is 1. The van der Waals surface area contributed by atoms with Crippen molar-refractivity contribution >= 4 is 11.6 Å². The Hall–Kier alpha value is -3.09. The molecule has 1 N–H and O–H groups in total. The third kappa shape index (κ3) is 2.69. The quantitative estimate of drug-likeness (QED) is 0.805. The van der Waals surface area contributed by atoms with Crippen molar-refractivity contribution in [3.63, 3.8) is 0 Å². The molecule has 22 heavy (non-hydrogen) atoms. The van der Waals surface area contributed by atoms with Crippen molar-refractivity contribution in [3.8, 4) is 5.69 Å². The first-order valence-electron chi connectivity index (χ1n) is 6.55.